The summed E-state index contributed by atoms with van der Waals surface area (Å²) in [6.07, 6.45) is 2.70. The molecule has 18 heavy (non-hydrogen) atoms. The second-order valence-electron chi connectivity index (χ2n) is 5.49. The van der Waals surface area contributed by atoms with Crippen LogP contribution < -0.4 is 16.3 Å². The third kappa shape index (κ3) is 1.32. The Morgan fingerprint density at radius 1 is 1.39 bits per heavy atom. The van der Waals surface area contributed by atoms with Gasteiger partial charge in [-0.25, -0.2) is 9.97 Å². The minimum absolute atomic E-state index is 0.00529. The lowest BCUT2D eigenvalue weighted by Crippen LogP contribution is -2.33. The first-order valence-corrected chi connectivity index (χ1v) is 5.92. The van der Waals surface area contributed by atoms with Gasteiger partial charge in [-0.2, -0.15) is 0 Å². The largest absolute Gasteiger partial charge is 0.368 e. The Labute approximate surface area is 105 Å². The number of H-pyrrole nitrogens is 1. The van der Waals surface area contributed by atoms with E-state index in [-0.39, 0.29) is 5.41 Å². The van der Waals surface area contributed by atoms with E-state index in [9.17, 15) is 0 Å². The van der Waals surface area contributed by atoms with Crippen molar-refractivity contribution in [2.75, 3.05) is 5.73 Å². The zero-order chi connectivity index (χ0) is 13.1. The van der Waals surface area contributed by atoms with Crippen molar-refractivity contribution in [2.24, 2.45) is 0 Å². The van der Waals surface area contributed by atoms with Crippen molar-refractivity contribution in [1.82, 2.24) is 15.0 Å². The molecule has 92 valence electrons. The molecule has 2 heterocycles. The second kappa shape index (κ2) is 3.22. The van der Waals surface area contributed by atoms with E-state index < -0.39 is 0 Å². The SMILES string of the molecule is C=c1[nH]c2c(c1=C)C(C)(C)Cc1cnc(N)nc1-2. The average molecular weight is 240 g/mol. The fourth-order valence-corrected chi connectivity index (χ4v) is 2.85. The third-order valence-electron chi connectivity index (χ3n) is 3.62. The number of nitrogen functional groups attached to an aromatic ring is 1. The Balaban J connectivity index is 2.44. The summed E-state index contributed by atoms with van der Waals surface area (Å²) in [7, 11) is 0. The molecule has 0 radical (unpaired) electrons. The Bertz CT molecular complexity index is 740. The van der Waals surface area contributed by atoms with Gasteiger partial charge in [-0.1, -0.05) is 27.0 Å². The number of hydrogen-bond donors (Lipinski definition) is 2. The number of aromatic nitrogens is 3. The first kappa shape index (κ1) is 11.0. The number of nitrogens with one attached hydrogen (secondary N) is 1. The molecule has 0 amide bonds. The van der Waals surface area contributed by atoms with Crippen LogP contribution >= 0.6 is 0 Å². The fourth-order valence-electron chi connectivity index (χ4n) is 2.85. The predicted octanol–water partition coefficient (Wildman–Crippen LogP) is 0.708. The van der Waals surface area contributed by atoms with Gasteiger partial charge in [0.15, 0.2) is 0 Å². The molecular weight excluding hydrogens is 224 g/mol. The quantitative estimate of drug-likeness (QED) is 0.712. The van der Waals surface area contributed by atoms with Crippen LogP contribution in [0.1, 0.15) is 25.0 Å². The van der Waals surface area contributed by atoms with Gasteiger partial charge in [-0.15, -0.1) is 0 Å². The number of nitrogens with zero attached hydrogens (tertiary/aromatic N) is 2. The molecular formula is C14H16N4. The van der Waals surface area contributed by atoms with Crippen LogP contribution in [0.2, 0.25) is 0 Å². The van der Waals surface area contributed by atoms with E-state index in [2.05, 4.69) is 42.0 Å². The predicted molar refractivity (Wildman–Crippen MR) is 73.3 cm³/mol. The van der Waals surface area contributed by atoms with Gasteiger partial charge in [0.05, 0.1) is 11.4 Å². The highest BCUT2D eigenvalue weighted by Crippen LogP contribution is 2.38. The van der Waals surface area contributed by atoms with Gasteiger partial charge in [0.2, 0.25) is 5.95 Å². The monoisotopic (exact) mass is 240 g/mol. The molecule has 0 fully saturated rings. The summed E-state index contributed by atoms with van der Waals surface area (Å²) in [5.74, 6) is 0.297. The van der Waals surface area contributed by atoms with Crippen LogP contribution in [-0.2, 0) is 11.8 Å². The smallest absolute Gasteiger partial charge is 0.220 e. The summed E-state index contributed by atoms with van der Waals surface area (Å²) >= 11 is 0. The van der Waals surface area contributed by atoms with Crippen molar-refractivity contribution >= 4 is 19.1 Å². The minimum Gasteiger partial charge on any atom is -0.368 e. The molecule has 2 aromatic rings. The van der Waals surface area contributed by atoms with Crippen molar-refractivity contribution in [3.8, 4) is 11.4 Å². The van der Waals surface area contributed by atoms with E-state index >= 15 is 0 Å². The Kier molecular flexibility index (Phi) is 1.97. The Morgan fingerprint density at radius 2 is 2.11 bits per heavy atom. The molecule has 0 atom stereocenters. The van der Waals surface area contributed by atoms with Gasteiger partial charge in [-0.05, 0) is 28.2 Å². The number of nitrogens with two attached hydrogens (primary N) is 1. The maximum atomic E-state index is 5.68. The van der Waals surface area contributed by atoms with Gasteiger partial charge in [0.25, 0.3) is 0 Å². The van der Waals surface area contributed by atoms with Crippen LogP contribution in [0.25, 0.3) is 24.5 Å². The van der Waals surface area contributed by atoms with E-state index in [1.165, 1.54) is 5.56 Å². The van der Waals surface area contributed by atoms with Crippen molar-refractivity contribution < 1.29 is 0 Å². The van der Waals surface area contributed by atoms with Crippen molar-refractivity contribution in [1.29, 1.82) is 0 Å². The summed E-state index contributed by atoms with van der Waals surface area (Å²) < 4.78 is 0. The minimum atomic E-state index is 0.00529. The van der Waals surface area contributed by atoms with E-state index in [4.69, 9.17) is 5.73 Å². The molecule has 0 saturated carbocycles. The molecule has 3 N–H and O–H groups in total. The first-order chi connectivity index (χ1) is 8.40. The molecule has 0 spiro atoms. The van der Waals surface area contributed by atoms with Crippen LogP contribution in [0, 0.1) is 0 Å². The average Bonchev–Trinajstić information content (AvgIpc) is 2.58. The normalized spacial score (nSPS) is 16.1. The van der Waals surface area contributed by atoms with Crippen LogP contribution in [0.15, 0.2) is 6.20 Å². The standard InChI is InChI=1S/C14H16N4/c1-7-8(2)17-12-10(7)14(3,4)5-9-6-16-13(15)18-11(9)12/h6,17H,1-2,5H2,3-4H3,(H2,15,16,18). The summed E-state index contributed by atoms with van der Waals surface area (Å²) in [6, 6.07) is 0. The van der Waals surface area contributed by atoms with Crippen LogP contribution in [0.4, 0.5) is 5.95 Å². The van der Waals surface area contributed by atoms with Gasteiger partial charge < -0.3 is 10.7 Å². The van der Waals surface area contributed by atoms with Crippen molar-refractivity contribution in [3.63, 3.8) is 0 Å². The lowest BCUT2D eigenvalue weighted by molar-refractivity contribution is 0.512. The molecule has 3 rings (SSSR count). The lowest BCUT2D eigenvalue weighted by atomic mass is 9.74. The Morgan fingerprint density at radius 3 is 2.83 bits per heavy atom. The molecule has 4 nitrogen and oxygen atoms in total. The van der Waals surface area contributed by atoms with Crippen LogP contribution in [0.3, 0.4) is 0 Å². The molecule has 0 aromatic carbocycles. The second-order valence-corrected chi connectivity index (χ2v) is 5.49. The zero-order valence-electron chi connectivity index (χ0n) is 10.7. The maximum Gasteiger partial charge on any atom is 0.220 e. The van der Waals surface area contributed by atoms with Gasteiger partial charge >= 0.3 is 0 Å². The topological polar surface area (TPSA) is 67.6 Å². The summed E-state index contributed by atoms with van der Waals surface area (Å²) in [4.78, 5) is 11.7. The van der Waals surface area contributed by atoms with E-state index in [1.807, 2.05) is 6.20 Å². The van der Waals surface area contributed by atoms with Gasteiger partial charge in [0.1, 0.15) is 0 Å². The number of hydrogen-bond acceptors (Lipinski definition) is 3. The summed E-state index contributed by atoms with van der Waals surface area (Å²) in [5.41, 5.74) is 9.87. The van der Waals surface area contributed by atoms with Gasteiger partial charge in [0, 0.05) is 11.5 Å². The molecule has 0 saturated heterocycles. The van der Waals surface area contributed by atoms with Crippen molar-refractivity contribution in [2.45, 2.75) is 25.7 Å². The molecule has 2 aromatic heterocycles. The molecule has 1 aliphatic rings. The van der Waals surface area contributed by atoms with Crippen LogP contribution in [0.5, 0.6) is 0 Å². The Hall–Kier alpha value is -2.10. The van der Waals surface area contributed by atoms with Gasteiger partial charge in [-0.3, -0.25) is 0 Å². The number of rotatable bonds is 0. The van der Waals surface area contributed by atoms with E-state index in [0.29, 0.717) is 5.95 Å². The maximum absolute atomic E-state index is 5.68. The third-order valence-corrected chi connectivity index (χ3v) is 3.62. The van der Waals surface area contributed by atoms with E-state index in [0.717, 1.165) is 33.9 Å². The number of aromatic amines is 1. The zero-order valence-corrected chi connectivity index (χ0v) is 10.7. The highest BCUT2D eigenvalue weighted by atomic mass is 15.0. The molecule has 0 unspecified atom stereocenters. The molecule has 0 bridgehead atoms. The highest BCUT2D eigenvalue weighted by Gasteiger charge is 2.34. The summed E-state index contributed by atoms with van der Waals surface area (Å²) in [6.45, 7) is 12.5. The number of anilines is 1. The summed E-state index contributed by atoms with van der Waals surface area (Å²) in [5, 5.41) is 1.82. The first-order valence-electron chi connectivity index (χ1n) is 5.92. The number of fused-ring (bicyclic) bond motifs is 3. The fraction of sp³-hybridized carbons (Fsp3) is 0.286. The molecule has 0 aliphatic heterocycles. The molecule has 4 heteroatoms. The van der Waals surface area contributed by atoms with Crippen LogP contribution in [-0.4, -0.2) is 15.0 Å². The van der Waals surface area contributed by atoms with Crippen molar-refractivity contribution in [3.05, 3.63) is 27.9 Å². The molecule has 1 aliphatic carbocycles. The lowest BCUT2D eigenvalue weighted by Gasteiger charge is -2.31. The van der Waals surface area contributed by atoms with E-state index in [1.54, 1.807) is 0 Å². The highest BCUT2D eigenvalue weighted by molar-refractivity contribution is 5.69.